The molecule has 3 aromatic rings. The van der Waals surface area contributed by atoms with Crippen LogP contribution in [-0.2, 0) is 11.3 Å². The summed E-state index contributed by atoms with van der Waals surface area (Å²) in [4.78, 5) is 24.2. The van der Waals surface area contributed by atoms with Crippen LogP contribution in [-0.4, -0.2) is 13.1 Å². The van der Waals surface area contributed by atoms with E-state index in [0.29, 0.717) is 32.3 Å². The van der Waals surface area contributed by atoms with E-state index in [-0.39, 0.29) is 12.2 Å². The zero-order valence-electron chi connectivity index (χ0n) is 14.0. The van der Waals surface area contributed by atoms with E-state index in [0.717, 1.165) is 5.56 Å². The fourth-order valence-electron chi connectivity index (χ4n) is 2.53. The Labute approximate surface area is 159 Å². The number of hydrogen-bond donors (Lipinski definition) is 0. The molecule has 2 aromatic carbocycles. The first kappa shape index (κ1) is 18.3. The average Bonchev–Trinajstić information content (AvgIpc) is 2.60. The number of rotatable bonds is 4. The number of fused-ring (bicyclic) bond motifs is 1. The minimum absolute atomic E-state index is 0.129. The van der Waals surface area contributed by atoms with E-state index < -0.39 is 11.6 Å². The number of aryl methyl sites for hydroxylation is 1. The molecule has 1 aromatic heterocycles. The van der Waals surface area contributed by atoms with Gasteiger partial charge in [-0.15, -0.1) is 0 Å². The molecular formula is C19H14Cl2O5. The van der Waals surface area contributed by atoms with Crippen molar-refractivity contribution < 1.29 is 18.7 Å². The molecule has 0 fully saturated rings. The Balaban J connectivity index is 1.93. The third-order valence-corrected chi connectivity index (χ3v) is 4.49. The highest BCUT2D eigenvalue weighted by Gasteiger charge is 2.16. The van der Waals surface area contributed by atoms with Crippen LogP contribution >= 0.6 is 23.2 Å². The lowest BCUT2D eigenvalue weighted by molar-refractivity contribution is 0.0470. The van der Waals surface area contributed by atoms with E-state index >= 15 is 0 Å². The van der Waals surface area contributed by atoms with Crippen LogP contribution in [0.2, 0.25) is 10.0 Å². The van der Waals surface area contributed by atoms with Gasteiger partial charge in [0, 0.05) is 27.1 Å². The number of ether oxygens (including phenoxy) is 2. The molecule has 0 saturated carbocycles. The summed E-state index contributed by atoms with van der Waals surface area (Å²) in [6, 6.07) is 9.27. The molecule has 0 atom stereocenters. The Kier molecular flexibility index (Phi) is 5.20. The van der Waals surface area contributed by atoms with Gasteiger partial charge in [0.2, 0.25) is 0 Å². The van der Waals surface area contributed by atoms with Crippen molar-refractivity contribution in [3.63, 3.8) is 0 Å². The van der Waals surface area contributed by atoms with Gasteiger partial charge in [-0.25, -0.2) is 9.59 Å². The third-order valence-electron chi connectivity index (χ3n) is 3.85. The number of esters is 1. The van der Waals surface area contributed by atoms with Crippen molar-refractivity contribution in [1.82, 2.24) is 0 Å². The van der Waals surface area contributed by atoms with Crippen molar-refractivity contribution >= 4 is 40.1 Å². The van der Waals surface area contributed by atoms with Crippen molar-refractivity contribution in [3.05, 3.63) is 73.6 Å². The Morgan fingerprint density at radius 3 is 2.65 bits per heavy atom. The van der Waals surface area contributed by atoms with E-state index in [2.05, 4.69) is 0 Å². The number of halogens is 2. The molecule has 134 valence electrons. The van der Waals surface area contributed by atoms with Crippen LogP contribution in [0.15, 0.2) is 45.6 Å². The highest BCUT2D eigenvalue weighted by atomic mass is 35.5. The van der Waals surface area contributed by atoms with Gasteiger partial charge in [-0.05, 0) is 42.8 Å². The maximum absolute atomic E-state index is 12.4. The largest absolute Gasteiger partial charge is 0.496 e. The maximum Gasteiger partial charge on any atom is 0.342 e. The molecule has 0 aliphatic rings. The molecule has 0 unspecified atom stereocenters. The molecule has 5 nitrogen and oxygen atoms in total. The second kappa shape index (κ2) is 7.40. The minimum Gasteiger partial charge on any atom is -0.496 e. The van der Waals surface area contributed by atoms with Crippen LogP contribution in [0.5, 0.6) is 5.75 Å². The standard InChI is InChI=1S/C19H14Cl2O5/c1-10-5-17-13(8-15(10)21)11(6-18(22)26-17)9-25-19(23)14-7-12(20)3-4-16(14)24-2/h3-8H,9H2,1-2H3. The lowest BCUT2D eigenvalue weighted by atomic mass is 10.1. The molecule has 3 rings (SSSR count). The van der Waals surface area contributed by atoms with Crippen molar-refractivity contribution in [2.24, 2.45) is 0 Å². The molecule has 0 saturated heterocycles. The lowest BCUT2D eigenvalue weighted by Crippen LogP contribution is -2.09. The smallest absolute Gasteiger partial charge is 0.342 e. The molecule has 0 bridgehead atoms. The average molecular weight is 393 g/mol. The molecular weight excluding hydrogens is 379 g/mol. The number of carbonyl (C=O) groups is 1. The van der Waals surface area contributed by atoms with Crippen LogP contribution in [0.25, 0.3) is 11.0 Å². The van der Waals surface area contributed by atoms with Gasteiger partial charge in [-0.2, -0.15) is 0 Å². The summed E-state index contributed by atoms with van der Waals surface area (Å²) in [5, 5.41) is 1.51. The molecule has 0 aliphatic carbocycles. The highest BCUT2D eigenvalue weighted by molar-refractivity contribution is 6.32. The van der Waals surface area contributed by atoms with Gasteiger partial charge < -0.3 is 13.9 Å². The Morgan fingerprint density at radius 1 is 1.15 bits per heavy atom. The summed E-state index contributed by atoms with van der Waals surface area (Å²) in [5.74, 6) is -0.278. The Morgan fingerprint density at radius 2 is 1.92 bits per heavy atom. The number of benzene rings is 2. The first-order chi connectivity index (χ1) is 12.4. The van der Waals surface area contributed by atoms with Crippen LogP contribution < -0.4 is 10.4 Å². The molecule has 1 heterocycles. The van der Waals surface area contributed by atoms with E-state index in [1.54, 1.807) is 31.2 Å². The third kappa shape index (κ3) is 3.69. The summed E-state index contributed by atoms with van der Waals surface area (Å²) in [6.07, 6.45) is 0. The van der Waals surface area contributed by atoms with Crippen molar-refractivity contribution in [2.45, 2.75) is 13.5 Å². The zero-order chi connectivity index (χ0) is 18.8. The lowest BCUT2D eigenvalue weighted by Gasteiger charge is -2.11. The van der Waals surface area contributed by atoms with Crippen LogP contribution in [0.4, 0.5) is 0 Å². The summed E-state index contributed by atoms with van der Waals surface area (Å²) in [5.41, 5.74) is 1.31. The van der Waals surface area contributed by atoms with Crippen LogP contribution in [0.1, 0.15) is 21.5 Å². The SMILES string of the molecule is COc1ccc(Cl)cc1C(=O)OCc1cc(=O)oc2cc(C)c(Cl)cc12. The van der Waals surface area contributed by atoms with Gasteiger partial charge in [-0.3, -0.25) is 0 Å². The molecule has 0 spiro atoms. The molecule has 0 radical (unpaired) electrons. The topological polar surface area (TPSA) is 65.7 Å². The van der Waals surface area contributed by atoms with Crippen molar-refractivity contribution in [2.75, 3.05) is 7.11 Å². The van der Waals surface area contributed by atoms with Gasteiger partial charge in [-0.1, -0.05) is 23.2 Å². The number of methoxy groups -OCH3 is 1. The van der Waals surface area contributed by atoms with Crippen LogP contribution in [0, 0.1) is 6.92 Å². The predicted octanol–water partition coefficient (Wildman–Crippen LogP) is 4.77. The quantitative estimate of drug-likeness (QED) is 0.472. The van der Waals surface area contributed by atoms with Gasteiger partial charge >= 0.3 is 11.6 Å². The monoisotopic (exact) mass is 392 g/mol. The summed E-state index contributed by atoms with van der Waals surface area (Å²) in [7, 11) is 1.44. The summed E-state index contributed by atoms with van der Waals surface area (Å²) in [6.45, 7) is 1.68. The molecule has 0 amide bonds. The van der Waals surface area contributed by atoms with Gasteiger partial charge in [0.1, 0.15) is 23.5 Å². The van der Waals surface area contributed by atoms with Crippen molar-refractivity contribution in [1.29, 1.82) is 0 Å². The van der Waals surface area contributed by atoms with Crippen molar-refractivity contribution in [3.8, 4) is 5.75 Å². The van der Waals surface area contributed by atoms with E-state index in [9.17, 15) is 9.59 Å². The molecule has 0 aliphatic heterocycles. The van der Waals surface area contributed by atoms with Gasteiger partial charge in [0.05, 0.1) is 7.11 Å². The second-order valence-corrected chi connectivity index (χ2v) is 6.45. The Bertz CT molecular complexity index is 1060. The predicted molar refractivity (Wildman–Crippen MR) is 99.4 cm³/mol. The first-order valence-electron chi connectivity index (χ1n) is 7.62. The fourth-order valence-corrected chi connectivity index (χ4v) is 2.86. The molecule has 7 heteroatoms. The number of hydrogen-bond acceptors (Lipinski definition) is 5. The molecule has 26 heavy (non-hydrogen) atoms. The summed E-state index contributed by atoms with van der Waals surface area (Å²) >= 11 is 12.1. The van der Waals surface area contributed by atoms with E-state index in [1.807, 2.05) is 0 Å². The van der Waals surface area contributed by atoms with Gasteiger partial charge in [0.15, 0.2) is 0 Å². The second-order valence-electron chi connectivity index (χ2n) is 5.61. The first-order valence-corrected chi connectivity index (χ1v) is 8.38. The van der Waals surface area contributed by atoms with E-state index in [4.69, 9.17) is 37.1 Å². The van der Waals surface area contributed by atoms with Gasteiger partial charge in [0.25, 0.3) is 0 Å². The molecule has 0 N–H and O–H groups in total. The summed E-state index contributed by atoms with van der Waals surface area (Å²) < 4.78 is 15.7. The van der Waals surface area contributed by atoms with Crippen LogP contribution in [0.3, 0.4) is 0 Å². The zero-order valence-corrected chi connectivity index (χ0v) is 15.5. The maximum atomic E-state index is 12.4. The number of carbonyl (C=O) groups excluding carboxylic acids is 1. The minimum atomic E-state index is -0.621. The Hall–Kier alpha value is -2.50. The van der Waals surface area contributed by atoms with E-state index in [1.165, 1.54) is 19.2 Å². The fraction of sp³-hybridized carbons (Fsp3) is 0.158. The highest BCUT2D eigenvalue weighted by Crippen LogP contribution is 2.27. The normalized spacial score (nSPS) is 10.8.